The largest absolute Gasteiger partial charge is 0.456 e. The molecule has 0 atom stereocenters. The summed E-state index contributed by atoms with van der Waals surface area (Å²) in [6.45, 7) is 0. The summed E-state index contributed by atoms with van der Waals surface area (Å²) in [5.41, 5.74) is 7.19. The highest BCUT2D eigenvalue weighted by atomic mass is 16.3. The maximum Gasteiger partial charge on any atom is 0.235 e. The molecule has 0 saturated carbocycles. The molecule has 9 rings (SSSR count). The van der Waals surface area contributed by atoms with Crippen molar-refractivity contribution in [3.05, 3.63) is 128 Å². The second kappa shape index (κ2) is 8.01. The van der Waals surface area contributed by atoms with E-state index in [1.54, 1.807) is 0 Å². The smallest absolute Gasteiger partial charge is 0.235 e. The van der Waals surface area contributed by atoms with Gasteiger partial charge in [0.25, 0.3) is 0 Å². The SMILES string of the molecule is c1ccc(-c2ccc3nc(-n4c5ccccc5c5ccc6ccc7oc8ccccc8c7c6c54)ncc3c2)cc1. The van der Waals surface area contributed by atoms with Gasteiger partial charge < -0.3 is 4.42 Å². The predicted molar refractivity (Wildman–Crippen MR) is 164 cm³/mol. The maximum absolute atomic E-state index is 6.29. The first-order chi connectivity index (χ1) is 19.8. The highest BCUT2D eigenvalue weighted by molar-refractivity contribution is 6.29. The van der Waals surface area contributed by atoms with Gasteiger partial charge in [-0.3, -0.25) is 4.57 Å². The summed E-state index contributed by atoms with van der Waals surface area (Å²) in [5.74, 6) is 0.656. The number of hydrogen-bond acceptors (Lipinski definition) is 3. The number of rotatable bonds is 2. The average Bonchev–Trinajstić information content (AvgIpc) is 3.57. The van der Waals surface area contributed by atoms with Crippen molar-refractivity contribution >= 4 is 65.4 Å². The van der Waals surface area contributed by atoms with E-state index in [4.69, 9.17) is 14.4 Å². The number of aromatic nitrogens is 3. The number of furan rings is 1. The quantitative estimate of drug-likeness (QED) is 0.232. The monoisotopic (exact) mass is 511 g/mol. The van der Waals surface area contributed by atoms with Crippen molar-refractivity contribution in [2.75, 3.05) is 0 Å². The summed E-state index contributed by atoms with van der Waals surface area (Å²) < 4.78 is 8.51. The number of benzene rings is 6. The summed E-state index contributed by atoms with van der Waals surface area (Å²) in [6, 6.07) is 42.2. The summed E-state index contributed by atoms with van der Waals surface area (Å²) in [4.78, 5) is 10.1. The molecule has 0 aliphatic rings. The molecule has 3 heterocycles. The minimum absolute atomic E-state index is 0.656. The third-order valence-electron chi connectivity index (χ3n) is 8.03. The van der Waals surface area contributed by atoms with Crippen molar-refractivity contribution in [2.45, 2.75) is 0 Å². The van der Waals surface area contributed by atoms with Gasteiger partial charge in [0, 0.05) is 38.5 Å². The Balaban J connectivity index is 1.39. The zero-order chi connectivity index (χ0) is 26.2. The third kappa shape index (κ3) is 2.96. The molecule has 0 N–H and O–H groups in total. The molecule has 0 aliphatic heterocycles. The molecular weight excluding hydrogens is 490 g/mol. The van der Waals surface area contributed by atoms with Gasteiger partial charge in [0.1, 0.15) is 11.2 Å². The molecular formula is C36H21N3O. The van der Waals surface area contributed by atoms with Crippen LogP contribution in [0.25, 0.3) is 82.5 Å². The van der Waals surface area contributed by atoms with Crippen LogP contribution in [-0.4, -0.2) is 14.5 Å². The zero-order valence-electron chi connectivity index (χ0n) is 21.4. The second-order valence-electron chi connectivity index (χ2n) is 10.3. The van der Waals surface area contributed by atoms with E-state index in [9.17, 15) is 0 Å². The maximum atomic E-state index is 6.29. The lowest BCUT2D eigenvalue weighted by Gasteiger charge is -2.10. The van der Waals surface area contributed by atoms with Crippen molar-refractivity contribution in [3.8, 4) is 17.1 Å². The van der Waals surface area contributed by atoms with Crippen LogP contribution < -0.4 is 0 Å². The van der Waals surface area contributed by atoms with E-state index in [1.807, 2.05) is 24.4 Å². The van der Waals surface area contributed by atoms with Gasteiger partial charge in [-0.2, -0.15) is 0 Å². The van der Waals surface area contributed by atoms with E-state index in [-0.39, 0.29) is 0 Å². The van der Waals surface area contributed by atoms with Crippen LogP contribution in [0, 0.1) is 0 Å². The Bertz CT molecular complexity index is 2430. The van der Waals surface area contributed by atoms with E-state index in [2.05, 4.69) is 108 Å². The number of para-hydroxylation sites is 2. The van der Waals surface area contributed by atoms with Crippen LogP contribution in [0.2, 0.25) is 0 Å². The Morgan fingerprint density at radius 1 is 0.550 bits per heavy atom. The molecule has 0 radical (unpaired) electrons. The highest BCUT2D eigenvalue weighted by Crippen LogP contribution is 2.42. The average molecular weight is 512 g/mol. The van der Waals surface area contributed by atoms with Crippen LogP contribution in [0.3, 0.4) is 0 Å². The summed E-state index contributed by atoms with van der Waals surface area (Å²) >= 11 is 0. The molecule has 6 aromatic carbocycles. The fourth-order valence-corrected chi connectivity index (χ4v) is 6.23. The van der Waals surface area contributed by atoms with E-state index in [1.165, 1.54) is 16.3 Å². The molecule has 0 spiro atoms. The molecule has 4 heteroatoms. The standard InChI is InChI=1S/C36H21N3O/c1-2-8-22(9-3-1)24-15-18-29-25(20-24)21-37-36(38-29)39-30-12-6-4-10-26(30)27-17-14-23-16-19-32-34(33(23)35(27)39)28-11-5-7-13-31(28)40-32/h1-21H. The van der Waals surface area contributed by atoms with Crippen molar-refractivity contribution in [2.24, 2.45) is 0 Å². The van der Waals surface area contributed by atoms with Gasteiger partial charge in [0.2, 0.25) is 5.95 Å². The van der Waals surface area contributed by atoms with E-state index in [0.717, 1.165) is 60.2 Å². The third-order valence-corrected chi connectivity index (χ3v) is 8.03. The Morgan fingerprint density at radius 3 is 2.27 bits per heavy atom. The molecule has 9 aromatic rings. The second-order valence-corrected chi connectivity index (χ2v) is 10.3. The zero-order valence-corrected chi connectivity index (χ0v) is 21.4. The summed E-state index contributed by atoms with van der Waals surface area (Å²) in [6.07, 6.45) is 1.94. The minimum atomic E-state index is 0.656. The van der Waals surface area contributed by atoms with Gasteiger partial charge >= 0.3 is 0 Å². The molecule has 40 heavy (non-hydrogen) atoms. The summed E-state index contributed by atoms with van der Waals surface area (Å²) in [7, 11) is 0. The predicted octanol–water partition coefficient (Wildman–Crippen LogP) is 9.45. The molecule has 0 fully saturated rings. The lowest BCUT2D eigenvalue weighted by atomic mass is 10.0. The Kier molecular flexibility index (Phi) is 4.30. The van der Waals surface area contributed by atoms with E-state index < -0.39 is 0 Å². The lowest BCUT2D eigenvalue weighted by Crippen LogP contribution is -2.01. The van der Waals surface area contributed by atoms with Gasteiger partial charge in [-0.1, -0.05) is 91.0 Å². The summed E-state index contributed by atoms with van der Waals surface area (Å²) in [5, 5.41) is 7.90. The molecule has 0 aliphatic carbocycles. The first kappa shape index (κ1) is 21.5. The number of fused-ring (bicyclic) bond motifs is 10. The van der Waals surface area contributed by atoms with Crippen molar-refractivity contribution in [1.29, 1.82) is 0 Å². The fourth-order valence-electron chi connectivity index (χ4n) is 6.23. The van der Waals surface area contributed by atoms with Crippen molar-refractivity contribution < 1.29 is 4.42 Å². The molecule has 186 valence electrons. The van der Waals surface area contributed by atoms with Gasteiger partial charge in [0.05, 0.1) is 16.6 Å². The van der Waals surface area contributed by atoms with Gasteiger partial charge in [-0.05, 0) is 46.8 Å². The van der Waals surface area contributed by atoms with Crippen LogP contribution in [0.5, 0.6) is 0 Å². The van der Waals surface area contributed by atoms with Crippen LogP contribution in [-0.2, 0) is 0 Å². The van der Waals surface area contributed by atoms with E-state index in [0.29, 0.717) is 5.95 Å². The number of nitrogens with zero attached hydrogens (tertiary/aromatic N) is 3. The fraction of sp³-hybridized carbons (Fsp3) is 0. The minimum Gasteiger partial charge on any atom is -0.456 e. The van der Waals surface area contributed by atoms with Crippen molar-refractivity contribution in [3.63, 3.8) is 0 Å². The molecule has 3 aromatic heterocycles. The molecule has 0 unspecified atom stereocenters. The lowest BCUT2D eigenvalue weighted by molar-refractivity contribution is 0.669. The van der Waals surface area contributed by atoms with Gasteiger partial charge in [-0.15, -0.1) is 0 Å². The first-order valence-corrected chi connectivity index (χ1v) is 13.4. The Morgan fingerprint density at radius 2 is 1.35 bits per heavy atom. The normalized spacial score (nSPS) is 12.0. The highest BCUT2D eigenvalue weighted by Gasteiger charge is 2.20. The van der Waals surface area contributed by atoms with Crippen LogP contribution in [0.1, 0.15) is 0 Å². The molecule has 0 bridgehead atoms. The van der Waals surface area contributed by atoms with Crippen LogP contribution in [0.15, 0.2) is 132 Å². The first-order valence-electron chi connectivity index (χ1n) is 13.4. The van der Waals surface area contributed by atoms with Gasteiger partial charge in [0.15, 0.2) is 0 Å². The molecule has 4 nitrogen and oxygen atoms in total. The van der Waals surface area contributed by atoms with Gasteiger partial charge in [-0.25, -0.2) is 9.97 Å². The Labute approximate surface area is 228 Å². The molecule has 0 saturated heterocycles. The van der Waals surface area contributed by atoms with Crippen LogP contribution >= 0.6 is 0 Å². The number of hydrogen-bond donors (Lipinski definition) is 0. The Hall–Kier alpha value is -5.48. The molecule has 0 amide bonds. The van der Waals surface area contributed by atoms with Crippen LogP contribution in [0.4, 0.5) is 0 Å². The van der Waals surface area contributed by atoms with Crippen molar-refractivity contribution in [1.82, 2.24) is 14.5 Å². The van der Waals surface area contributed by atoms with E-state index >= 15 is 0 Å². The topological polar surface area (TPSA) is 43.9 Å².